The second kappa shape index (κ2) is 10.4. The van der Waals surface area contributed by atoms with Gasteiger partial charge in [0.1, 0.15) is 6.61 Å². The largest absolute Gasteiger partial charge is 0.479 e. The summed E-state index contributed by atoms with van der Waals surface area (Å²) in [5, 5.41) is 23.3. The molecule has 0 unspecified atom stereocenters. The molecule has 0 aromatic heterocycles. The first kappa shape index (κ1) is 24.0. The number of rotatable bonds is 8. The van der Waals surface area contributed by atoms with Crippen molar-refractivity contribution in [1.82, 2.24) is 5.32 Å². The number of aliphatic hydroxyl groups is 1. The fourth-order valence-electron chi connectivity index (χ4n) is 4.24. The van der Waals surface area contributed by atoms with Crippen molar-refractivity contribution in [3.63, 3.8) is 0 Å². The first-order valence-corrected chi connectivity index (χ1v) is 11.3. The van der Waals surface area contributed by atoms with Crippen LogP contribution in [0.25, 0.3) is 11.1 Å². The third-order valence-corrected chi connectivity index (χ3v) is 5.99. The van der Waals surface area contributed by atoms with Crippen LogP contribution in [0.15, 0.2) is 66.7 Å². The van der Waals surface area contributed by atoms with Gasteiger partial charge in [-0.05, 0) is 41.3 Å². The van der Waals surface area contributed by atoms with Crippen LogP contribution in [0.3, 0.4) is 0 Å². The van der Waals surface area contributed by atoms with Gasteiger partial charge in [-0.2, -0.15) is 0 Å². The molecule has 1 aliphatic carbocycles. The number of carbonyl (C=O) groups is 3. The van der Waals surface area contributed by atoms with Crippen LogP contribution >= 0.6 is 0 Å². The number of ether oxygens (including phenoxy) is 1. The van der Waals surface area contributed by atoms with E-state index in [1.165, 1.54) is 0 Å². The SMILES string of the molecule is Cc1ccc(NC(=O)OCC2c3ccccc3-c3ccccc32)c(C(=O)NCC[C@H](O)C(=O)O)c1. The average Bonchev–Trinajstić information content (AvgIpc) is 3.17. The van der Waals surface area contributed by atoms with E-state index in [-0.39, 0.29) is 36.7 Å². The van der Waals surface area contributed by atoms with Gasteiger partial charge in [-0.15, -0.1) is 0 Å². The molecule has 0 spiro atoms. The molecule has 0 saturated carbocycles. The fourth-order valence-corrected chi connectivity index (χ4v) is 4.24. The molecule has 1 atom stereocenters. The zero-order valence-electron chi connectivity index (χ0n) is 19.2. The number of fused-ring (bicyclic) bond motifs is 3. The van der Waals surface area contributed by atoms with Crippen LogP contribution in [0.5, 0.6) is 0 Å². The normalized spacial score (nSPS) is 12.9. The number of carbonyl (C=O) groups excluding carboxylic acids is 2. The number of hydrogen-bond donors (Lipinski definition) is 4. The minimum Gasteiger partial charge on any atom is -0.479 e. The van der Waals surface area contributed by atoms with Gasteiger partial charge in [0, 0.05) is 18.9 Å². The van der Waals surface area contributed by atoms with Crippen LogP contribution in [0.4, 0.5) is 10.5 Å². The van der Waals surface area contributed by atoms with Gasteiger partial charge in [-0.25, -0.2) is 9.59 Å². The highest BCUT2D eigenvalue weighted by atomic mass is 16.5. The second-order valence-electron chi connectivity index (χ2n) is 8.40. The van der Waals surface area contributed by atoms with Gasteiger partial charge in [-0.1, -0.05) is 60.2 Å². The lowest BCUT2D eigenvalue weighted by Crippen LogP contribution is -2.30. The predicted molar refractivity (Wildman–Crippen MR) is 130 cm³/mol. The number of carboxylic acid groups (broad SMARTS) is 1. The minimum atomic E-state index is -1.56. The van der Waals surface area contributed by atoms with E-state index in [1.54, 1.807) is 18.2 Å². The van der Waals surface area contributed by atoms with Crippen LogP contribution in [0.1, 0.15) is 39.4 Å². The summed E-state index contributed by atoms with van der Waals surface area (Å²) in [5.41, 5.74) is 5.73. The van der Waals surface area contributed by atoms with Gasteiger partial charge in [0.15, 0.2) is 6.10 Å². The molecule has 2 amide bonds. The summed E-state index contributed by atoms with van der Waals surface area (Å²) in [4.78, 5) is 36.1. The highest BCUT2D eigenvalue weighted by Gasteiger charge is 2.29. The third kappa shape index (κ3) is 5.33. The van der Waals surface area contributed by atoms with Crippen molar-refractivity contribution < 1.29 is 29.3 Å². The maximum absolute atomic E-state index is 12.7. The zero-order chi connectivity index (χ0) is 24.9. The lowest BCUT2D eigenvalue weighted by atomic mass is 9.98. The van der Waals surface area contributed by atoms with Gasteiger partial charge < -0.3 is 20.3 Å². The summed E-state index contributed by atoms with van der Waals surface area (Å²) in [7, 11) is 0. The lowest BCUT2D eigenvalue weighted by molar-refractivity contribution is -0.146. The van der Waals surface area contributed by atoms with E-state index in [0.717, 1.165) is 27.8 Å². The Morgan fingerprint density at radius 1 is 0.971 bits per heavy atom. The van der Waals surface area contributed by atoms with E-state index in [4.69, 9.17) is 9.84 Å². The van der Waals surface area contributed by atoms with Gasteiger partial charge in [0.25, 0.3) is 5.91 Å². The van der Waals surface area contributed by atoms with Crippen molar-refractivity contribution >= 4 is 23.7 Å². The van der Waals surface area contributed by atoms with Crippen molar-refractivity contribution in [1.29, 1.82) is 0 Å². The molecule has 35 heavy (non-hydrogen) atoms. The molecule has 3 aromatic carbocycles. The Morgan fingerprint density at radius 3 is 2.23 bits per heavy atom. The number of aliphatic hydroxyl groups excluding tert-OH is 1. The molecule has 0 aliphatic heterocycles. The maximum Gasteiger partial charge on any atom is 0.411 e. The van der Waals surface area contributed by atoms with Crippen LogP contribution in [-0.4, -0.2) is 47.4 Å². The first-order chi connectivity index (χ1) is 16.8. The number of hydrogen-bond acceptors (Lipinski definition) is 5. The van der Waals surface area contributed by atoms with Crippen LogP contribution in [-0.2, 0) is 9.53 Å². The summed E-state index contributed by atoms with van der Waals surface area (Å²) in [6.07, 6.45) is -2.39. The van der Waals surface area contributed by atoms with Crippen molar-refractivity contribution in [3.8, 4) is 11.1 Å². The van der Waals surface area contributed by atoms with Gasteiger partial charge in [-0.3, -0.25) is 10.1 Å². The van der Waals surface area contributed by atoms with E-state index in [9.17, 15) is 19.5 Å². The Labute approximate surface area is 202 Å². The fraction of sp³-hybridized carbons (Fsp3) is 0.222. The lowest BCUT2D eigenvalue weighted by Gasteiger charge is -2.16. The molecule has 0 saturated heterocycles. The van der Waals surface area contributed by atoms with Crippen molar-refractivity contribution in [3.05, 3.63) is 89.0 Å². The van der Waals surface area contributed by atoms with Crippen molar-refractivity contribution in [2.24, 2.45) is 0 Å². The molecule has 0 bridgehead atoms. The first-order valence-electron chi connectivity index (χ1n) is 11.3. The number of nitrogens with one attached hydrogen (secondary N) is 2. The number of anilines is 1. The van der Waals surface area contributed by atoms with Crippen molar-refractivity contribution in [2.45, 2.75) is 25.4 Å². The molecule has 0 radical (unpaired) electrons. The van der Waals surface area contributed by atoms with Gasteiger partial charge in [0.05, 0.1) is 11.3 Å². The van der Waals surface area contributed by atoms with E-state index < -0.39 is 24.1 Å². The van der Waals surface area contributed by atoms with Gasteiger partial charge >= 0.3 is 12.1 Å². The number of benzene rings is 3. The van der Waals surface area contributed by atoms with Crippen LogP contribution in [0, 0.1) is 6.92 Å². The molecule has 3 aromatic rings. The Hall–Kier alpha value is -4.17. The molecule has 1 aliphatic rings. The predicted octanol–water partition coefficient (Wildman–Crippen LogP) is 3.92. The molecular weight excluding hydrogens is 448 g/mol. The summed E-state index contributed by atoms with van der Waals surface area (Å²) in [5.74, 6) is -1.94. The molecule has 8 nitrogen and oxygen atoms in total. The average molecular weight is 475 g/mol. The Kier molecular flexibility index (Phi) is 7.12. The summed E-state index contributed by atoms with van der Waals surface area (Å²) >= 11 is 0. The topological polar surface area (TPSA) is 125 Å². The Morgan fingerprint density at radius 2 is 1.60 bits per heavy atom. The summed E-state index contributed by atoms with van der Waals surface area (Å²) < 4.78 is 5.57. The number of carboxylic acids is 1. The molecule has 180 valence electrons. The molecule has 0 fully saturated rings. The molecule has 4 rings (SSSR count). The summed E-state index contributed by atoms with van der Waals surface area (Å²) in [6.45, 7) is 1.91. The summed E-state index contributed by atoms with van der Waals surface area (Å²) in [6, 6.07) is 21.0. The minimum absolute atomic E-state index is 0.0371. The molecular formula is C27H26N2O6. The molecule has 8 heteroatoms. The van der Waals surface area contributed by atoms with E-state index in [0.29, 0.717) is 0 Å². The number of aliphatic carboxylic acids is 1. The number of amides is 2. The molecule has 0 heterocycles. The van der Waals surface area contributed by atoms with Crippen LogP contribution in [0.2, 0.25) is 0 Å². The van der Waals surface area contributed by atoms with E-state index >= 15 is 0 Å². The van der Waals surface area contributed by atoms with Crippen molar-refractivity contribution in [2.75, 3.05) is 18.5 Å². The highest BCUT2D eigenvalue weighted by molar-refractivity contribution is 6.02. The standard InChI is InChI=1S/C27H26N2O6/c1-16-10-11-23(21(14-16)25(31)28-13-12-24(30)26(32)33)29-27(34)35-15-22-19-8-4-2-6-17(19)18-7-3-5-9-20(18)22/h2-11,14,22,24,30H,12-13,15H2,1H3,(H,28,31)(H,29,34)(H,32,33)/t24-/m0/s1. The molecule has 4 N–H and O–H groups in total. The van der Waals surface area contributed by atoms with Crippen LogP contribution < -0.4 is 10.6 Å². The third-order valence-electron chi connectivity index (χ3n) is 5.99. The quantitative estimate of drug-likeness (QED) is 0.392. The number of aryl methyl sites for hydroxylation is 1. The maximum atomic E-state index is 12.7. The zero-order valence-corrected chi connectivity index (χ0v) is 19.2. The van der Waals surface area contributed by atoms with E-state index in [1.807, 2.05) is 43.3 Å². The van der Waals surface area contributed by atoms with Gasteiger partial charge in [0.2, 0.25) is 0 Å². The smallest absolute Gasteiger partial charge is 0.411 e. The van der Waals surface area contributed by atoms with E-state index in [2.05, 4.69) is 22.8 Å². The Bertz CT molecular complexity index is 1230. The highest BCUT2D eigenvalue weighted by Crippen LogP contribution is 2.44. The monoisotopic (exact) mass is 474 g/mol. The Balaban J connectivity index is 1.42. The second-order valence-corrected chi connectivity index (χ2v) is 8.40.